The van der Waals surface area contributed by atoms with Crippen molar-refractivity contribution in [1.82, 2.24) is 4.57 Å². The molecule has 0 amide bonds. The Morgan fingerprint density at radius 3 is 2.53 bits per heavy atom. The van der Waals surface area contributed by atoms with Gasteiger partial charge in [0.05, 0.1) is 0 Å². The van der Waals surface area contributed by atoms with Crippen LogP contribution in [0.4, 0.5) is 0 Å². The second-order valence-electron chi connectivity index (χ2n) is 4.67. The third-order valence-electron chi connectivity index (χ3n) is 3.59. The highest BCUT2D eigenvalue weighted by molar-refractivity contribution is 5.87. The Kier molecular flexibility index (Phi) is 3.31. The lowest BCUT2D eigenvalue weighted by molar-refractivity contribution is 0.0682. The number of hydrogen-bond donors (Lipinski definition) is 1. The van der Waals surface area contributed by atoms with Crippen molar-refractivity contribution in [2.24, 2.45) is 7.05 Å². The SMILES string of the molecule is Cn1c(C(=O)O)c(C2CCCCC2)ccc1=O. The maximum atomic E-state index is 11.5. The predicted octanol–water partition coefficient (Wildman–Crippen LogP) is 2.13. The van der Waals surface area contributed by atoms with Crippen LogP contribution < -0.4 is 5.56 Å². The summed E-state index contributed by atoms with van der Waals surface area (Å²) in [4.78, 5) is 22.8. The lowest BCUT2D eigenvalue weighted by atomic mass is 9.83. The minimum absolute atomic E-state index is 0.157. The van der Waals surface area contributed by atoms with Crippen LogP contribution in [-0.2, 0) is 7.05 Å². The van der Waals surface area contributed by atoms with Gasteiger partial charge >= 0.3 is 5.97 Å². The largest absolute Gasteiger partial charge is 0.477 e. The topological polar surface area (TPSA) is 59.3 Å². The molecule has 0 atom stereocenters. The second kappa shape index (κ2) is 4.73. The number of carboxylic acid groups (broad SMARTS) is 1. The van der Waals surface area contributed by atoms with E-state index in [4.69, 9.17) is 0 Å². The van der Waals surface area contributed by atoms with Gasteiger partial charge in [0.15, 0.2) is 0 Å². The Labute approximate surface area is 99.9 Å². The smallest absolute Gasteiger partial charge is 0.352 e. The summed E-state index contributed by atoms with van der Waals surface area (Å²) >= 11 is 0. The molecule has 4 heteroatoms. The van der Waals surface area contributed by atoms with Crippen molar-refractivity contribution in [2.45, 2.75) is 38.0 Å². The Morgan fingerprint density at radius 1 is 1.29 bits per heavy atom. The third-order valence-corrected chi connectivity index (χ3v) is 3.59. The first-order valence-electron chi connectivity index (χ1n) is 6.04. The molecular formula is C13H17NO3. The van der Waals surface area contributed by atoms with Gasteiger partial charge in [-0.3, -0.25) is 4.79 Å². The van der Waals surface area contributed by atoms with Gasteiger partial charge in [0, 0.05) is 13.1 Å². The van der Waals surface area contributed by atoms with E-state index in [-0.39, 0.29) is 11.3 Å². The van der Waals surface area contributed by atoms with E-state index in [1.54, 1.807) is 6.07 Å². The molecule has 17 heavy (non-hydrogen) atoms. The zero-order chi connectivity index (χ0) is 12.4. The first-order valence-corrected chi connectivity index (χ1v) is 6.04. The summed E-state index contributed by atoms with van der Waals surface area (Å²) in [7, 11) is 1.53. The molecule has 0 aromatic carbocycles. The lowest BCUT2D eigenvalue weighted by Crippen LogP contribution is -2.25. The molecule has 1 fully saturated rings. The molecule has 1 aromatic heterocycles. The van der Waals surface area contributed by atoms with Crippen LogP contribution in [0.5, 0.6) is 0 Å². The molecular weight excluding hydrogens is 218 g/mol. The maximum Gasteiger partial charge on any atom is 0.352 e. The molecule has 1 aromatic rings. The van der Waals surface area contributed by atoms with Gasteiger partial charge in [-0.2, -0.15) is 0 Å². The van der Waals surface area contributed by atoms with Crippen molar-refractivity contribution in [3.05, 3.63) is 33.7 Å². The van der Waals surface area contributed by atoms with Crippen molar-refractivity contribution in [3.63, 3.8) is 0 Å². The van der Waals surface area contributed by atoms with E-state index in [2.05, 4.69) is 0 Å². The van der Waals surface area contributed by atoms with E-state index in [9.17, 15) is 14.7 Å². The fraction of sp³-hybridized carbons (Fsp3) is 0.538. The summed E-state index contributed by atoms with van der Waals surface area (Å²) < 4.78 is 1.24. The molecule has 1 N–H and O–H groups in total. The van der Waals surface area contributed by atoms with Crippen LogP contribution in [0.15, 0.2) is 16.9 Å². The van der Waals surface area contributed by atoms with Crippen LogP contribution in [0.2, 0.25) is 0 Å². The van der Waals surface area contributed by atoms with Gasteiger partial charge in [-0.1, -0.05) is 25.3 Å². The average molecular weight is 235 g/mol. The summed E-state index contributed by atoms with van der Waals surface area (Å²) in [5, 5.41) is 9.24. The van der Waals surface area contributed by atoms with E-state index in [0.717, 1.165) is 31.2 Å². The molecule has 0 unspecified atom stereocenters. The molecule has 1 aliphatic rings. The number of carboxylic acids is 1. The number of rotatable bonds is 2. The minimum atomic E-state index is -1.01. The normalized spacial score (nSPS) is 17.0. The molecule has 1 heterocycles. The number of carbonyl (C=O) groups is 1. The van der Waals surface area contributed by atoms with E-state index in [1.165, 1.54) is 24.1 Å². The lowest BCUT2D eigenvalue weighted by Gasteiger charge is -2.24. The van der Waals surface area contributed by atoms with Crippen LogP contribution >= 0.6 is 0 Å². The number of hydrogen-bond acceptors (Lipinski definition) is 2. The summed E-state index contributed by atoms with van der Waals surface area (Å²) in [6, 6.07) is 3.16. The highest BCUT2D eigenvalue weighted by Gasteiger charge is 2.23. The Morgan fingerprint density at radius 2 is 1.94 bits per heavy atom. The molecule has 0 bridgehead atoms. The van der Waals surface area contributed by atoms with Crippen LogP contribution in [0.3, 0.4) is 0 Å². The molecule has 0 aliphatic heterocycles. The summed E-state index contributed by atoms with van der Waals surface area (Å²) in [5.41, 5.74) is 0.714. The highest BCUT2D eigenvalue weighted by atomic mass is 16.4. The number of aromatic nitrogens is 1. The maximum absolute atomic E-state index is 11.5. The predicted molar refractivity (Wildman–Crippen MR) is 64.5 cm³/mol. The minimum Gasteiger partial charge on any atom is -0.477 e. The van der Waals surface area contributed by atoms with E-state index in [0.29, 0.717) is 5.92 Å². The molecule has 0 saturated heterocycles. The van der Waals surface area contributed by atoms with Crippen LogP contribution in [0.1, 0.15) is 54.1 Å². The molecule has 0 spiro atoms. The average Bonchev–Trinajstić information content (AvgIpc) is 2.33. The number of pyridine rings is 1. The Bertz CT molecular complexity index is 484. The van der Waals surface area contributed by atoms with E-state index < -0.39 is 5.97 Å². The van der Waals surface area contributed by atoms with E-state index >= 15 is 0 Å². The van der Waals surface area contributed by atoms with Crippen LogP contribution in [-0.4, -0.2) is 15.6 Å². The van der Waals surface area contributed by atoms with Gasteiger partial charge in [0.1, 0.15) is 5.69 Å². The molecule has 1 saturated carbocycles. The molecule has 0 radical (unpaired) electrons. The monoisotopic (exact) mass is 235 g/mol. The van der Waals surface area contributed by atoms with E-state index in [1.807, 2.05) is 0 Å². The van der Waals surface area contributed by atoms with Crippen molar-refractivity contribution in [1.29, 1.82) is 0 Å². The van der Waals surface area contributed by atoms with Crippen LogP contribution in [0.25, 0.3) is 0 Å². The number of nitrogens with zero attached hydrogens (tertiary/aromatic N) is 1. The zero-order valence-electron chi connectivity index (χ0n) is 9.98. The van der Waals surface area contributed by atoms with Crippen molar-refractivity contribution in [2.75, 3.05) is 0 Å². The Hall–Kier alpha value is -1.58. The van der Waals surface area contributed by atoms with Crippen LogP contribution in [0, 0.1) is 0 Å². The van der Waals surface area contributed by atoms with Gasteiger partial charge in [-0.05, 0) is 24.3 Å². The first-order chi connectivity index (χ1) is 8.11. The standard InChI is InChI=1S/C13H17NO3/c1-14-11(15)8-7-10(12(14)13(16)17)9-5-3-2-4-6-9/h7-9H,2-6H2,1H3,(H,16,17). The second-order valence-corrected chi connectivity index (χ2v) is 4.67. The van der Waals surface area contributed by atoms with Gasteiger partial charge in [-0.15, -0.1) is 0 Å². The van der Waals surface area contributed by atoms with Crippen molar-refractivity contribution in [3.8, 4) is 0 Å². The molecule has 4 nitrogen and oxygen atoms in total. The number of aromatic carboxylic acids is 1. The summed E-state index contributed by atoms with van der Waals surface area (Å²) in [6.07, 6.45) is 5.57. The van der Waals surface area contributed by atoms with Gasteiger partial charge in [0.25, 0.3) is 5.56 Å². The highest BCUT2D eigenvalue weighted by Crippen LogP contribution is 2.33. The fourth-order valence-electron chi connectivity index (χ4n) is 2.67. The van der Waals surface area contributed by atoms with Gasteiger partial charge in [-0.25, -0.2) is 4.79 Å². The van der Waals surface area contributed by atoms with Crippen molar-refractivity contribution >= 4 is 5.97 Å². The van der Waals surface area contributed by atoms with Gasteiger partial charge < -0.3 is 9.67 Å². The summed E-state index contributed by atoms with van der Waals surface area (Å²) in [6.45, 7) is 0. The Balaban J connectivity index is 2.49. The first kappa shape index (κ1) is 11.9. The van der Waals surface area contributed by atoms with Crippen molar-refractivity contribution < 1.29 is 9.90 Å². The fourth-order valence-corrected chi connectivity index (χ4v) is 2.67. The molecule has 92 valence electrons. The van der Waals surface area contributed by atoms with Gasteiger partial charge in [0.2, 0.25) is 0 Å². The molecule has 1 aliphatic carbocycles. The quantitative estimate of drug-likeness (QED) is 0.854. The molecule has 2 rings (SSSR count). The third kappa shape index (κ3) is 2.25. The zero-order valence-corrected chi connectivity index (χ0v) is 9.98. The summed E-state index contributed by atoms with van der Waals surface area (Å²) in [5.74, 6) is -0.715.